The summed E-state index contributed by atoms with van der Waals surface area (Å²) in [6, 6.07) is 8.17. The van der Waals surface area contributed by atoms with Crippen molar-refractivity contribution in [2.24, 2.45) is 0 Å². The summed E-state index contributed by atoms with van der Waals surface area (Å²) in [6.45, 7) is 2.85. The Kier molecular flexibility index (Phi) is 4.26. The van der Waals surface area contributed by atoms with Gasteiger partial charge in [0, 0.05) is 5.69 Å². The summed E-state index contributed by atoms with van der Waals surface area (Å²) in [6.07, 6.45) is 3.89. The summed E-state index contributed by atoms with van der Waals surface area (Å²) in [5.74, 6) is 0.907. The van der Waals surface area contributed by atoms with Crippen LogP contribution < -0.4 is 10.1 Å². The summed E-state index contributed by atoms with van der Waals surface area (Å²) in [7, 11) is 0. The highest BCUT2D eigenvalue weighted by Crippen LogP contribution is 2.24. The molecular weight excluding hydrogens is 214 g/mol. The van der Waals surface area contributed by atoms with Crippen LogP contribution in [0.2, 0.25) is 0 Å². The Bertz CT molecular complexity index is 337. The van der Waals surface area contributed by atoms with E-state index in [1.165, 1.54) is 0 Å². The highest BCUT2D eigenvalue weighted by Gasteiger charge is 2.24. The zero-order chi connectivity index (χ0) is 12.1. The van der Waals surface area contributed by atoms with Crippen LogP contribution in [0.5, 0.6) is 5.75 Å². The van der Waals surface area contributed by atoms with Crippen LogP contribution in [-0.2, 0) is 0 Å². The van der Waals surface area contributed by atoms with Crippen molar-refractivity contribution >= 4 is 5.69 Å². The molecule has 0 spiro atoms. The Labute approximate surface area is 103 Å². The number of benzene rings is 1. The van der Waals surface area contributed by atoms with Crippen LogP contribution in [0, 0.1) is 0 Å². The van der Waals surface area contributed by atoms with Gasteiger partial charge >= 0.3 is 0 Å². The van der Waals surface area contributed by atoms with Gasteiger partial charge in [0.2, 0.25) is 0 Å². The Morgan fingerprint density at radius 2 is 2.06 bits per heavy atom. The fraction of sp³-hybridized carbons (Fsp3) is 0.571. The molecule has 1 fully saturated rings. The van der Waals surface area contributed by atoms with Crippen molar-refractivity contribution in [2.45, 2.75) is 44.8 Å². The Morgan fingerprint density at radius 3 is 2.65 bits per heavy atom. The first kappa shape index (κ1) is 12.2. The van der Waals surface area contributed by atoms with Gasteiger partial charge in [-0.05, 0) is 49.9 Å². The third-order valence-electron chi connectivity index (χ3n) is 3.16. The monoisotopic (exact) mass is 235 g/mol. The molecule has 3 nitrogen and oxygen atoms in total. The molecule has 2 atom stereocenters. The van der Waals surface area contributed by atoms with Crippen LogP contribution in [0.1, 0.15) is 32.6 Å². The molecule has 2 unspecified atom stereocenters. The van der Waals surface area contributed by atoms with E-state index >= 15 is 0 Å². The Balaban J connectivity index is 1.89. The normalized spacial score (nSPS) is 23.6. The van der Waals surface area contributed by atoms with Gasteiger partial charge in [0.05, 0.1) is 18.8 Å². The lowest BCUT2D eigenvalue weighted by Crippen LogP contribution is -2.27. The molecular formula is C14H21NO2. The van der Waals surface area contributed by atoms with E-state index in [0.717, 1.165) is 43.7 Å². The third-order valence-corrected chi connectivity index (χ3v) is 3.16. The van der Waals surface area contributed by atoms with Gasteiger partial charge in [0.1, 0.15) is 5.75 Å². The van der Waals surface area contributed by atoms with E-state index < -0.39 is 0 Å². The molecule has 1 aromatic rings. The van der Waals surface area contributed by atoms with Gasteiger partial charge in [-0.15, -0.1) is 0 Å². The van der Waals surface area contributed by atoms with Crippen molar-refractivity contribution in [3.63, 3.8) is 0 Å². The summed E-state index contributed by atoms with van der Waals surface area (Å²) in [5.41, 5.74) is 1.06. The Hall–Kier alpha value is -1.22. The van der Waals surface area contributed by atoms with E-state index in [0.29, 0.717) is 0 Å². The largest absolute Gasteiger partial charge is 0.494 e. The van der Waals surface area contributed by atoms with Gasteiger partial charge in [-0.1, -0.05) is 6.92 Å². The molecule has 2 N–H and O–H groups in total. The predicted octanol–water partition coefficient (Wildman–Crippen LogP) is 2.80. The van der Waals surface area contributed by atoms with Crippen molar-refractivity contribution in [3.8, 4) is 5.75 Å². The second-order valence-corrected chi connectivity index (χ2v) is 4.62. The number of hydrogen-bond donors (Lipinski definition) is 2. The molecule has 2 rings (SSSR count). The zero-order valence-electron chi connectivity index (χ0n) is 10.4. The highest BCUT2D eigenvalue weighted by atomic mass is 16.5. The molecule has 0 heterocycles. The standard InChI is InChI=1S/C14H21NO2/c1-2-10-17-12-8-6-11(7-9-12)15-13-4-3-5-14(13)16/h6-9,13-16H,2-5,10H2,1H3. The van der Waals surface area contributed by atoms with Crippen LogP contribution >= 0.6 is 0 Å². The van der Waals surface area contributed by atoms with Crippen LogP contribution in [0.15, 0.2) is 24.3 Å². The van der Waals surface area contributed by atoms with Crippen molar-refractivity contribution in [1.29, 1.82) is 0 Å². The number of anilines is 1. The van der Waals surface area contributed by atoms with Crippen molar-refractivity contribution in [3.05, 3.63) is 24.3 Å². The van der Waals surface area contributed by atoms with E-state index in [1.54, 1.807) is 0 Å². The Morgan fingerprint density at radius 1 is 1.29 bits per heavy atom. The van der Waals surface area contributed by atoms with Crippen molar-refractivity contribution in [2.75, 3.05) is 11.9 Å². The summed E-state index contributed by atoms with van der Waals surface area (Å²) >= 11 is 0. The lowest BCUT2D eigenvalue weighted by Gasteiger charge is -2.18. The second-order valence-electron chi connectivity index (χ2n) is 4.62. The second kappa shape index (κ2) is 5.92. The fourth-order valence-corrected chi connectivity index (χ4v) is 2.19. The highest BCUT2D eigenvalue weighted by molar-refractivity contribution is 5.47. The molecule has 1 aliphatic carbocycles. The van der Waals surface area contributed by atoms with E-state index in [-0.39, 0.29) is 12.1 Å². The van der Waals surface area contributed by atoms with E-state index in [9.17, 15) is 5.11 Å². The number of ether oxygens (including phenoxy) is 1. The molecule has 0 radical (unpaired) electrons. The van der Waals surface area contributed by atoms with Gasteiger partial charge in [0.15, 0.2) is 0 Å². The minimum atomic E-state index is -0.203. The minimum absolute atomic E-state index is 0.203. The molecule has 0 amide bonds. The minimum Gasteiger partial charge on any atom is -0.494 e. The van der Waals surface area contributed by atoms with Gasteiger partial charge in [-0.25, -0.2) is 0 Å². The molecule has 1 aromatic carbocycles. The smallest absolute Gasteiger partial charge is 0.119 e. The van der Waals surface area contributed by atoms with E-state index in [4.69, 9.17) is 4.74 Å². The van der Waals surface area contributed by atoms with Crippen LogP contribution in [0.25, 0.3) is 0 Å². The summed E-state index contributed by atoms with van der Waals surface area (Å²) in [5, 5.41) is 13.1. The maximum Gasteiger partial charge on any atom is 0.119 e. The lowest BCUT2D eigenvalue weighted by molar-refractivity contribution is 0.172. The van der Waals surface area contributed by atoms with Crippen molar-refractivity contribution < 1.29 is 9.84 Å². The summed E-state index contributed by atoms with van der Waals surface area (Å²) in [4.78, 5) is 0. The van der Waals surface area contributed by atoms with Crippen LogP contribution in [0.3, 0.4) is 0 Å². The molecule has 94 valence electrons. The first-order valence-electron chi connectivity index (χ1n) is 6.47. The van der Waals surface area contributed by atoms with Crippen LogP contribution in [0.4, 0.5) is 5.69 Å². The number of aliphatic hydroxyl groups is 1. The molecule has 3 heteroatoms. The van der Waals surface area contributed by atoms with E-state index in [2.05, 4.69) is 12.2 Å². The maximum atomic E-state index is 9.73. The van der Waals surface area contributed by atoms with Gasteiger partial charge in [0.25, 0.3) is 0 Å². The SMILES string of the molecule is CCCOc1ccc(NC2CCCC2O)cc1. The van der Waals surface area contributed by atoms with Gasteiger partial charge in [-0.3, -0.25) is 0 Å². The first-order chi connectivity index (χ1) is 8.29. The fourth-order valence-electron chi connectivity index (χ4n) is 2.19. The molecule has 0 aromatic heterocycles. The zero-order valence-corrected chi connectivity index (χ0v) is 10.4. The molecule has 17 heavy (non-hydrogen) atoms. The number of nitrogens with one attached hydrogen (secondary N) is 1. The first-order valence-corrected chi connectivity index (χ1v) is 6.47. The molecule has 0 bridgehead atoms. The predicted molar refractivity (Wildman–Crippen MR) is 69.5 cm³/mol. The number of rotatable bonds is 5. The maximum absolute atomic E-state index is 9.73. The van der Waals surface area contributed by atoms with E-state index in [1.807, 2.05) is 24.3 Å². The van der Waals surface area contributed by atoms with Crippen LogP contribution in [-0.4, -0.2) is 23.9 Å². The molecule has 1 aliphatic rings. The van der Waals surface area contributed by atoms with Gasteiger partial charge < -0.3 is 15.2 Å². The average molecular weight is 235 g/mol. The van der Waals surface area contributed by atoms with Crippen molar-refractivity contribution in [1.82, 2.24) is 0 Å². The summed E-state index contributed by atoms with van der Waals surface area (Å²) < 4.78 is 5.52. The van der Waals surface area contributed by atoms with Gasteiger partial charge in [-0.2, -0.15) is 0 Å². The average Bonchev–Trinajstić information content (AvgIpc) is 2.74. The third kappa shape index (κ3) is 3.37. The topological polar surface area (TPSA) is 41.5 Å². The molecule has 0 saturated heterocycles. The number of aliphatic hydroxyl groups excluding tert-OH is 1. The number of hydrogen-bond acceptors (Lipinski definition) is 3. The molecule has 1 saturated carbocycles. The quantitative estimate of drug-likeness (QED) is 0.824. The lowest BCUT2D eigenvalue weighted by atomic mass is 10.2. The molecule has 0 aliphatic heterocycles.